The molecule has 0 fully saturated rings. The van der Waals surface area contributed by atoms with Gasteiger partial charge in [-0.05, 0) is 58.7 Å². The van der Waals surface area contributed by atoms with Crippen molar-refractivity contribution in [3.05, 3.63) is 218 Å². The molecule has 0 aliphatic rings. The van der Waals surface area contributed by atoms with E-state index in [1.807, 2.05) is 72.8 Å². The van der Waals surface area contributed by atoms with E-state index in [0.29, 0.717) is 11.6 Å². The molecule has 0 aliphatic carbocycles. The van der Waals surface area contributed by atoms with Crippen LogP contribution in [0.5, 0.6) is 0 Å². The molecule has 286 valence electrons. The number of furan rings is 1. The summed E-state index contributed by atoms with van der Waals surface area (Å²) in [5, 5.41) is 2.14. The second-order valence-electron chi connectivity index (χ2n) is 15.1. The molecule has 0 bridgehead atoms. The monoisotopic (exact) mass is 780 g/mol. The molecular weight excluding hydrogens is 745 g/mol. The third kappa shape index (κ3) is 7.15. The Morgan fingerprint density at radius 3 is 0.820 bits per heavy atom. The summed E-state index contributed by atoms with van der Waals surface area (Å²) in [6.45, 7) is 0. The Kier molecular flexibility index (Phi) is 9.10. The van der Waals surface area contributed by atoms with Crippen molar-refractivity contribution in [3.8, 4) is 90.1 Å². The van der Waals surface area contributed by atoms with Gasteiger partial charge in [-0.1, -0.05) is 182 Å². The normalized spacial score (nSPS) is 11.3. The van der Waals surface area contributed by atoms with Crippen LogP contribution in [0, 0.1) is 0 Å². The minimum atomic E-state index is 0.689. The highest BCUT2D eigenvalue weighted by molar-refractivity contribution is 6.07. The molecule has 0 atom stereocenters. The standard InChI is InChI=1S/C56H36N4O/c1-5-13-39(14-6-1)49-35-50(40-15-7-2-8-16-40)58-55(57-49)43-25-21-37(22-26-43)45-29-31-53-47(33-45)48-34-46(30-32-54(48)61-53)38-23-27-44(28-24-38)56-59-51(41-17-9-3-10-18-41)36-52(60-56)42-19-11-4-12-20-42/h1-36H. The Morgan fingerprint density at radius 2 is 0.508 bits per heavy atom. The van der Waals surface area contributed by atoms with E-state index in [1.165, 1.54) is 0 Å². The summed E-state index contributed by atoms with van der Waals surface area (Å²) in [4.78, 5) is 20.1. The van der Waals surface area contributed by atoms with Crippen molar-refractivity contribution in [3.63, 3.8) is 0 Å². The molecule has 11 aromatic rings. The van der Waals surface area contributed by atoms with Crippen LogP contribution in [0.4, 0.5) is 0 Å². The highest BCUT2D eigenvalue weighted by Gasteiger charge is 2.15. The SMILES string of the molecule is c1ccc(-c2cc(-c3ccccc3)nc(-c3ccc(-c4ccc5oc6ccc(-c7ccc(-c8nc(-c9ccccc9)cc(-c9ccccc9)n8)cc7)cc6c5c4)cc3)n2)cc1. The van der Waals surface area contributed by atoms with Crippen LogP contribution in [0.3, 0.4) is 0 Å². The summed E-state index contributed by atoms with van der Waals surface area (Å²) in [6.07, 6.45) is 0. The maximum absolute atomic E-state index is 6.35. The first kappa shape index (κ1) is 35.8. The average Bonchev–Trinajstić information content (AvgIpc) is 3.72. The molecule has 0 spiro atoms. The van der Waals surface area contributed by atoms with Gasteiger partial charge in [-0.2, -0.15) is 0 Å². The van der Waals surface area contributed by atoms with Crippen LogP contribution >= 0.6 is 0 Å². The summed E-state index contributed by atoms with van der Waals surface area (Å²) in [5.74, 6) is 1.38. The van der Waals surface area contributed by atoms with Gasteiger partial charge in [0.2, 0.25) is 0 Å². The van der Waals surface area contributed by atoms with Crippen LogP contribution in [0.25, 0.3) is 112 Å². The number of aromatic nitrogens is 4. The molecule has 0 aliphatic heterocycles. The first-order valence-corrected chi connectivity index (χ1v) is 20.4. The number of hydrogen-bond acceptors (Lipinski definition) is 5. The molecule has 8 aromatic carbocycles. The van der Waals surface area contributed by atoms with Crippen molar-refractivity contribution in [1.29, 1.82) is 0 Å². The van der Waals surface area contributed by atoms with Crippen molar-refractivity contribution < 1.29 is 4.42 Å². The van der Waals surface area contributed by atoms with Gasteiger partial charge in [-0.15, -0.1) is 0 Å². The lowest BCUT2D eigenvalue weighted by atomic mass is 9.99. The van der Waals surface area contributed by atoms with Crippen molar-refractivity contribution in [1.82, 2.24) is 19.9 Å². The van der Waals surface area contributed by atoms with Gasteiger partial charge in [0, 0.05) is 44.2 Å². The number of benzene rings is 8. The van der Waals surface area contributed by atoms with E-state index in [0.717, 1.165) is 100 Å². The zero-order chi connectivity index (χ0) is 40.5. The molecule has 0 N–H and O–H groups in total. The Morgan fingerprint density at radius 1 is 0.230 bits per heavy atom. The Bertz CT molecular complexity index is 2970. The number of nitrogens with zero attached hydrogens (tertiary/aromatic N) is 4. The Hall–Kier alpha value is -8.28. The fraction of sp³-hybridized carbons (Fsp3) is 0. The summed E-state index contributed by atoms with van der Waals surface area (Å²) in [6, 6.07) is 75.1. The topological polar surface area (TPSA) is 64.7 Å². The van der Waals surface area contributed by atoms with Gasteiger partial charge in [-0.3, -0.25) is 0 Å². The molecule has 0 saturated carbocycles. The molecule has 0 saturated heterocycles. The molecule has 11 rings (SSSR count). The van der Waals surface area contributed by atoms with Gasteiger partial charge in [0.25, 0.3) is 0 Å². The quantitative estimate of drug-likeness (QED) is 0.154. The Labute approximate surface area is 353 Å². The lowest BCUT2D eigenvalue weighted by Gasteiger charge is -2.10. The van der Waals surface area contributed by atoms with Gasteiger partial charge in [0.15, 0.2) is 11.6 Å². The van der Waals surface area contributed by atoms with Gasteiger partial charge < -0.3 is 4.42 Å². The zero-order valence-electron chi connectivity index (χ0n) is 33.0. The lowest BCUT2D eigenvalue weighted by molar-refractivity contribution is 0.669. The molecule has 3 aromatic heterocycles. The molecule has 0 radical (unpaired) electrons. The minimum absolute atomic E-state index is 0.689. The van der Waals surface area contributed by atoms with Crippen LogP contribution in [0.1, 0.15) is 0 Å². The maximum Gasteiger partial charge on any atom is 0.160 e. The van der Waals surface area contributed by atoms with E-state index in [2.05, 4.69) is 146 Å². The van der Waals surface area contributed by atoms with Crippen LogP contribution in [0.2, 0.25) is 0 Å². The summed E-state index contributed by atoms with van der Waals surface area (Å²) >= 11 is 0. The second kappa shape index (κ2) is 15.5. The van der Waals surface area contributed by atoms with E-state index >= 15 is 0 Å². The van der Waals surface area contributed by atoms with Crippen molar-refractivity contribution in [2.45, 2.75) is 0 Å². The third-order valence-corrected chi connectivity index (χ3v) is 11.2. The number of fused-ring (bicyclic) bond motifs is 3. The lowest BCUT2D eigenvalue weighted by Crippen LogP contribution is -1.95. The number of hydrogen-bond donors (Lipinski definition) is 0. The van der Waals surface area contributed by atoms with E-state index in [1.54, 1.807) is 0 Å². The highest BCUT2D eigenvalue weighted by atomic mass is 16.3. The fourth-order valence-corrected chi connectivity index (χ4v) is 7.94. The van der Waals surface area contributed by atoms with Gasteiger partial charge >= 0.3 is 0 Å². The molecule has 5 heteroatoms. The molecule has 3 heterocycles. The largest absolute Gasteiger partial charge is 0.456 e. The van der Waals surface area contributed by atoms with Crippen molar-refractivity contribution >= 4 is 21.9 Å². The van der Waals surface area contributed by atoms with Gasteiger partial charge in [0.1, 0.15) is 11.2 Å². The fourth-order valence-electron chi connectivity index (χ4n) is 7.94. The summed E-state index contributed by atoms with van der Waals surface area (Å²) in [7, 11) is 0. The second-order valence-corrected chi connectivity index (χ2v) is 15.1. The molecule has 0 amide bonds. The van der Waals surface area contributed by atoms with E-state index in [9.17, 15) is 0 Å². The van der Waals surface area contributed by atoms with E-state index < -0.39 is 0 Å². The third-order valence-electron chi connectivity index (χ3n) is 11.2. The predicted octanol–water partition coefficient (Wildman–Crippen LogP) is 14.5. The van der Waals surface area contributed by atoms with Crippen LogP contribution in [-0.2, 0) is 0 Å². The maximum atomic E-state index is 6.35. The first-order chi connectivity index (χ1) is 30.2. The van der Waals surface area contributed by atoms with E-state index in [-0.39, 0.29) is 0 Å². The summed E-state index contributed by atoms with van der Waals surface area (Å²) < 4.78 is 6.35. The number of rotatable bonds is 8. The van der Waals surface area contributed by atoms with Crippen LogP contribution in [-0.4, -0.2) is 19.9 Å². The predicted molar refractivity (Wildman–Crippen MR) is 248 cm³/mol. The van der Waals surface area contributed by atoms with Crippen LogP contribution < -0.4 is 0 Å². The van der Waals surface area contributed by atoms with Crippen molar-refractivity contribution in [2.24, 2.45) is 0 Å². The van der Waals surface area contributed by atoms with Gasteiger partial charge in [0.05, 0.1) is 22.8 Å². The smallest absolute Gasteiger partial charge is 0.160 e. The highest BCUT2D eigenvalue weighted by Crippen LogP contribution is 2.37. The summed E-state index contributed by atoms with van der Waals surface area (Å²) in [5.41, 5.74) is 15.8. The van der Waals surface area contributed by atoms with Crippen molar-refractivity contribution in [2.75, 3.05) is 0 Å². The Balaban J connectivity index is 0.904. The molecule has 0 unspecified atom stereocenters. The zero-order valence-corrected chi connectivity index (χ0v) is 33.0. The average molecular weight is 781 g/mol. The van der Waals surface area contributed by atoms with Gasteiger partial charge in [-0.25, -0.2) is 19.9 Å². The van der Waals surface area contributed by atoms with Crippen LogP contribution in [0.15, 0.2) is 223 Å². The molecular formula is C56H36N4O. The van der Waals surface area contributed by atoms with E-state index in [4.69, 9.17) is 24.4 Å². The first-order valence-electron chi connectivity index (χ1n) is 20.4. The molecule has 5 nitrogen and oxygen atoms in total. The molecule has 61 heavy (non-hydrogen) atoms. The minimum Gasteiger partial charge on any atom is -0.456 e.